The first kappa shape index (κ1) is 13.2. The van der Waals surface area contributed by atoms with Gasteiger partial charge in [0.25, 0.3) is 0 Å². The molecule has 1 aliphatic rings. The van der Waals surface area contributed by atoms with Crippen LogP contribution in [0.25, 0.3) is 0 Å². The quantitative estimate of drug-likeness (QED) is 0.898. The van der Waals surface area contributed by atoms with Crippen molar-refractivity contribution in [3.8, 4) is 5.75 Å². The predicted octanol–water partition coefficient (Wildman–Crippen LogP) is 2.23. The summed E-state index contributed by atoms with van der Waals surface area (Å²) in [5.74, 6) is 0.831. The molecule has 0 fully saturated rings. The second kappa shape index (κ2) is 5.27. The van der Waals surface area contributed by atoms with Gasteiger partial charge in [-0.25, -0.2) is 0 Å². The lowest BCUT2D eigenvalue weighted by atomic mass is 9.87. The number of benzene rings is 2. The monoisotopic (exact) mass is 269 g/mol. The number of hydrogen-bond donors (Lipinski definition) is 2. The molecule has 0 saturated carbocycles. The predicted molar refractivity (Wildman–Crippen MR) is 78.7 cm³/mol. The highest BCUT2D eigenvalue weighted by Crippen LogP contribution is 2.30. The van der Waals surface area contributed by atoms with Crippen LogP contribution in [-0.4, -0.2) is 18.8 Å². The van der Waals surface area contributed by atoms with Gasteiger partial charge in [-0.2, -0.15) is 0 Å². The van der Waals surface area contributed by atoms with Gasteiger partial charge in [-0.15, -0.1) is 0 Å². The normalized spacial score (nSPS) is 21.3. The van der Waals surface area contributed by atoms with E-state index < -0.39 is 5.72 Å². The molecular weight excluding hydrogens is 250 g/mol. The summed E-state index contributed by atoms with van der Waals surface area (Å²) in [7, 11) is 1.65. The summed E-state index contributed by atoms with van der Waals surface area (Å²) in [5, 5.41) is 14.2. The van der Waals surface area contributed by atoms with Gasteiger partial charge in [-0.05, 0) is 29.7 Å². The van der Waals surface area contributed by atoms with Crippen molar-refractivity contribution >= 4 is 0 Å². The molecule has 0 amide bonds. The smallest absolute Gasteiger partial charge is 0.146 e. The fourth-order valence-electron chi connectivity index (χ4n) is 2.84. The van der Waals surface area contributed by atoms with Crippen molar-refractivity contribution in [3.05, 3.63) is 65.2 Å². The molecule has 3 rings (SSSR count). The van der Waals surface area contributed by atoms with Crippen LogP contribution < -0.4 is 10.1 Å². The maximum absolute atomic E-state index is 11.0. The molecule has 0 bridgehead atoms. The highest BCUT2D eigenvalue weighted by atomic mass is 16.5. The van der Waals surface area contributed by atoms with E-state index in [2.05, 4.69) is 11.4 Å². The van der Waals surface area contributed by atoms with E-state index in [0.717, 1.165) is 29.8 Å². The Bertz CT molecular complexity index is 594. The van der Waals surface area contributed by atoms with Crippen molar-refractivity contribution in [1.29, 1.82) is 0 Å². The van der Waals surface area contributed by atoms with Crippen LogP contribution in [0.15, 0.2) is 48.5 Å². The maximum atomic E-state index is 11.0. The van der Waals surface area contributed by atoms with Crippen LogP contribution in [0.4, 0.5) is 0 Å². The number of methoxy groups -OCH3 is 1. The molecule has 2 aromatic carbocycles. The third-order valence-electron chi connectivity index (χ3n) is 3.89. The zero-order valence-corrected chi connectivity index (χ0v) is 11.6. The zero-order valence-electron chi connectivity index (χ0n) is 11.6. The highest BCUT2D eigenvalue weighted by Gasteiger charge is 2.33. The third kappa shape index (κ3) is 2.42. The van der Waals surface area contributed by atoms with E-state index in [1.165, 1.54) is 5.56 Å². The molecule has 3 nitrogen and oxygen atoms in total. The van der Waals surface area contributed by atoms with Crippen LogP contribution in [0.1, 0.15) is 16.7 Å². The van der Waals surface area contributed by atoms with Gasteiger partial charge < -0.3 is 9.84 Å². The highest BCUT2D eigenvalue weighted by molar-refractivity contribution is 5.37. The molecule has 2 aromatic rings. The van der Waals surface area contributed by atoms with Crippen LogP contribution in [-0.2, 0) is 18.6 Å². The van der Waals surface area contributed by atoms with Gasteiger partial charge in [-0.3, -0.25) is 5.32 Å². The summed E-state index contributed by atoms with van der Waals surface area (Å²) >= 11 is 0. The Hall–Kier alpha value is -1.84. The molecule has 1 atom stereocenters. The van der Waals surface area contributed by atoms with E-state index in [1.807, 2.05) is 42.5 Å². The van der Waals surface area contributed by atoms with Gasteiger partial charge in [-0.1, -0.05) is 36.4 Å². The fraction of sp³-hybridized carbons (Fsp3) is 0.294. The van der Waals surface area contributed by atoms with Crippen LogP contribution in [0.2, 0.25) is 0 Å². The minimum absolute atomic E-state index is 0.550. The first-order valence-electron chi connectivity index (χ1n) is 6.90. The summed E-state index contributed by atoms with van der Waals surface area (Å²) in [6.07, 6.45) is 1.51. The largest absolute Gasteiger partial charge is 0.497 e. The second-order valence-electron chi connectivity index (χ2n) is 5.22. The van der Waals surface area contributed by atoms with Gasteiger partial charge in [0.05, 0.1) is 7.11 Å². The van der Waals surface area contributed by atoms with Crippen LogP contribution >= 0.6 is 0 Å². The Labute approximate surface area is 119 Å². The standard InChI is InChI=1S/C17H19NO2/c1-20-15-8-6-13(7-9-15)12-17(19)16-5-3-2-4-14(16)10-11-18-17/h2-9,18-19H,10-12H2,1H3. The van der Waals surface area contributed by atoms with E-state index in [9.17, 15) is 5.11 Å². The molecule has 0 saturated heterocycles. The molecule has 1 unspecified atom stereocenters. The lowest BCUT2D eigenvalue weighted by molar-refractivity contribution is -0.00537. The molecule has 20 heavy (non-hydrogen) atoms. The Morgan fingerprint density at radius 1 is 1.15 bits per heavy atom. The number of aliphatic hydroxyl groups is 1. The lowest BCUT2D eigenvalue weighted by Gasteiger charge is -2.35. The topological polar surface area (TPSA) is 41.5 Å². The van der Waals surface area contributed by atoms with Gasteiger partial charge >= 0.3 is 0 Å². The minimum atomic E-state index is -0.983. The molecule has 1 aliphatic heterocycles. The van der Waals surface area contributed by atoms with Gasteiger partial charge in [0.1, 0.15) is 11.5 Å². The molecule has 0 aromatic heterocycles. The minimum Gasteiger partial charge on any atom is -0.497 e. The summed E-state index contributed by atoms with van der Waals surface area (Å²) in [5.41, 5.74) is 2.31. The average Bonchev–Trinajstić information content (AvgIpc) is 2.48. The van der Waals surface area contributed by atoms with Crippen molar-refractivity contribution in [2.24, 2.45) is 0 Å². The maximum Gasteiger partial charge on any atom is 0.146 e. The molecule has 1 heterocycles. The van der Waals surface area contributed by atoms with Crippen LogP contribution in [0, 0.1) is 0 Å². The van der Waals surface area contributed by atoms with Gasteiger partial charge in [0, 0.05) is 18.5 Å². The number of rotatable bonds is 3. The molecule has 0 spiro atoms. The number of nitrogens with one attached hydrogen (secondary N) is 1. The fourth-order valence-corrected chi connectivity index (χ4v) is 2.84. The average molecular weight is 269 g/mol. The van der Waals surface area contributed by atoms with E-state index >= 15 is 0 Å². The molecular formula is C17H19NO2. The van der Waals surface area contributed by atoms with Gasteiger partial charge in [0.15, 0.2) is 0 Å². The number of hydrogen-bond acceptors (Lipinski definition) is 3. The molecule has 3 heteroatoms. The second-order valence-corrected chi connectivity index (χ2v) is 5.22. The van der Waals surface area contributed by atoms with Crippen LogP contribution in [0.5, 0.6) is 5.75 Å². The lowest BCUT2D eigenvalue weighted by Crippen LogP contribution is -2.48. The van der Waals surface area contributed by atoms with Crippen molar-refractivity contribution in [2.45, 2.75) is 18.6 Å². The van der Waals surface area contributed by atoms with Crippen molar-refractivity contribution in [2.75, 3.05) is 13.7 Å². The van der Waals surface area contributed by atoms with Crippen LogP contribution in [0.3, 0.4) is 0 Å². The van der Waals surface area contributed by atoms with Gasteiger partial charge in [0.2, 0.25) is 0 Å². The SMILES string of the molecule is COc1ccc(CC2(O)NCCc3ccccc32)cc1. The number of fused-ring (bicyclic) bond motifs is 1. The summed E-state index contributed by atoms with van der Waals surface area (Å²) in [6, 6.07) is 15.9. The summed E-state index contributed by atoms with van der Waals surface area (Å²) < 4.78 is 5.16. The zero-order chi connectivity index (χ0) is 14.0. The molecule has 2 N–H and O–H groups in total. The van der Waals surface area contributed by atoms with Crippen molar-refractivity contribution in [1.82, 2.24) is 5.32 Å². The summed E-state index contributed by atoms with van der Waals surface area (Å²) in [6.45, 7) is 0.795. The Kier molecular flexibility index (Phi) is 3.47. The van der Waals surface area contributed by atoms with E-state index in [-0.39, 0.29) is 0 Å². The van der Waals surface area contributed by atoms with E-state index in [1.54, 1.807) is 7.11 Å². The number of ether oxygens (including phenoxy) is 1. The first-order chi connectivity index (χ1) is 9.71. The van der Waals surface area contributed by atoms with Crippen molar-refractivity contribution < 1.29 is 9.84 Å². The Balaban J connectivity index is 1.89. The van der Waals surface area contributed by atoms with Crippen molar-refractivity contribution in [3.63, 3.8) is 0 Å². The molecule has 0 radical (unpaired) electrons. The molecule has 104 valence electrons. The third-order valence-corrected chi connectivity index (χ3v) is 3.89. The van der Waals surface area contributed by atoms with E-state index in [4.69, 9.17) is 4.74 Å². The van der Waals surface area contributed by atoms with E-state index in [0.29, 0.717) is 6.42 Å². The Morgan fingerprint density at radius 3 is 2.65 bits per heavy atom. The molecule has 0 aliphatic carbocycles. The Morgan fingerprint density at radius 2 is 1.90 bits per heavy atom. The first-order valence-corrected chi connectivity index (χ1v) is 6.90. The summed E-state index contributed by atoms with van der Waals surface area (Å²) in [4.78, 5) is 0.